The normalized spacial score (nSPS) is 14.4. The highest BCUT2D eigenvalue weighted by atomic mass is 32.1. The Morgan fingerprint density at radius 3 is 2.49 bits per heavy atom. The van der Waals surface area contributed by atoms with Crippen LogP contribution < -0.4 is 19.7 Å². The summed E-state index contributed by atoms with van der Waals surface area (Å²) in [6, 6.07) is 13.7. The van der Waals surface area contributed by atoms with Gasteiger partial charge in [-0.1, -0.05) is 31.0 Å². The number of halogens is 1. The Kier molecular flexibility index (Phi) is 8.02. The zero-order valence-corrected chi connectivity index (χ0v) is 20.6. The maximum atomic E-state index is 14.3. The quantitative estimate of drug-likeness (QED) is 0.438. The second kappa shape index (κ2) is 11.4. The molecule has 0 bridgehead atoms. The number of rotatable bonds is 9. The van der Waals surface area contributed by atoms with E-state index in [9.17, 15) is 14.0 Å². The van der Waals surface area contributed by atoms with E-state index in [0.29, 0.717) is 22.7 Å². The average Bonchev–Trinajstić information content (AvgIpc) is 3.56. The molecule has 0 unspecified atom stereocenters. The third-order valence-corrected chi connectivity index (χ3v) is 7.07. The molecule has 1 aliphatic carbocycles. The van der Waals surface area contributed by atoms with Gasteiger partial charge in [0.25, 0.3) is 0 Å². The van der Waals surface area contributed by atoms with E-state index in [0.717, 1.165) is 30.6 Å². The van der Waals surface area contributed by atoms with E-state index in [-0.39, 0.29) is 24.3 Å². The van der Waals surface area contributed by atoms with Crippen LogP contribution in [0.5, 0.6) is 11.5 Å². The van der Waals surface area contributed by atoms with Gasteiger partial charge in [0.15, 0.2) is 11.5 Å². The number of nitrogens with zero attached hydrogens (tertiary/aromatic N) is 1. The van der Waals surface area contributed by atoms with Crippen molar-refractivity contribution in [1.29, 1.82) is 0 Å². The third-order valence-electron chi connectivity index (χ3n) is 6.19. The number of anilines is 1. The molecular formula is C27H29FN2O4S. The third kappa shape index (κ3) is 5.82. The summed E-state index contributed by atoms with van der Waals surface area (Å²) in [5.41, 5.74) is 0.856. The molecule has 1 N–H and O–H groups in total. The molecule has 3 aromatic rings. The topological polar surface area (TPSA) is 67.9 Å². The fraction of sp³-hybridized carbons (Fsp3) is 0.333. The zero-order chi connectivity index (χ0) is 24.8. The first-order chi connectivity index (χ1) is 17.0. The number of methoxy groups -OCH3 is 2. The number of thiophene rings is 1. The van der Waals surface area contributed by atoms with Gasteiger partial charge in [-0.3, -0.25) is 14.5 Å². The van der Waals surface area contributed by atoms with Gasteiger partial charge < -0.3 is 14.8 Å². The van der Waals surface area contributed by atoms with Crippen LogP contribution in [0.25, 0.3) is 0 Å². The minimum atomic E-state index is -1.02. The van der Waals surface area contributed by atoms with Crippen LogP contribution in [-0.4, -0.2) is 32.1 Å². The fourth-order valence-electron chi connectivity index (χ4n) is 4.50. The van der Waals surface area contributed by atoms with Crippen molar-refractivity contribution >= 4 is 28.8 Å². The standard InChI is InChI=1S/C27H29FN2O4S/c1-33-23-13-12-18(15-24(23)34-2)26(27(32)29-20-8-3-4-9-20)30(21-10-5-7-19(28)16-21)25(31)17-22-11-6-14-35-22/h5-7,10-16,20,26H,3-4,8-9,17H2,1-2H3,(H,29,32)/t26-/m1/s1. The fourth-order valence-corrected chi connectivity index (χ4v) is 5.20. The van der Waals surface area contributed by atoms with Gasteiger partial charge in [-0.15, -0.1) is 11.3 Å². The number of amides is 2. The van der Waals surface area contributed by atoms with Crippen LogP contribution >= 0.6 is 11.3 Å². The number of carbonyl (C=O) groups excluding carboxylic acids is 2. The van der Waals surface area contributed by atoms with E-state index < -0.39 is 11.9 Å². The molecule has 0 saturated heterocycles. The molecule has 1 atom stereocenters. The van der Waals surface area contributed by atoms with Crippen LogP contribution in [0.4, 0.5) is 10.1 Å². The van der Waals surface area contributed by atoms with Crippen LogP contribution in [0.2, 0.25) is 0 Å². The molecule has 2 amide bonds. The number of hydrogen-bond acceptors (Lipinski definition) is 5. The second-order valence-electron chi connectivity index (χ2n) is 8.51. The van der Waals surface area contributed by atoms with Crippen molar-refractivity contribution < 1.29 is 23.5 Å². The van der Waals surface area contributed by atoms with Gasteiger partial charge in [0.05, 0.1) is 20.6 Å². The van der Waals surface area contributed by atoms with E-state index in [2.05, 4.69) is 5.32 Å². The highest BCUT2D eigenvalue weighted by Crippen LogP contribution is 2.35. The molecule has 1 heterocycles. The lowest BCUT2D eigenvalue weighted by molar-refractivity contribution is -0.127. The summed E-state index contributed by atoms with van der Waals surface area (Å²) in [7, 11) is 3.05. The molecule has 1 aliphatic rings. The zero-order valence-electron chi connectivity index (χ0n) is 19.8. The smallest absolute Gasteiger partial charge is 0.248 e. The number of benzene rings is 2. The lowest BCUT2D eigenvalue weighted by Crippen LogP contribution is -2.46. The monoisotopic (exact) mass is 496 g/mol. The van der Waals surface area contributed by atoms with Crippen molar-refractivity contribution in [2.24, 2.45) is 0 Å². The Morgan fingerprint density at radius 1 is 1.06 bits per heavy atom. The molecule has 6 nitrogen and oxygen atoms in total. The maximum Gasteiger partial charge on any atom is 0.248 e. The van der Waals surface area contributed by atoms with E-state index in [1.807, 2.05) is 17.5 Å². The molecular weight excluding hydrogens is 467 g/mol. The van der Waals surface area contributed by atoms with Crippen molar-refractivity contribution in [3.8, 4) is 11.5 Å². The van der Waals surface area contributed by atoms with Gasteiger partial charge in [-0.25, -0.2) is 4.39 Å². The number of nitrogens with one attached hydrogen (secondary N) is 1. The molecule has 1 saturated carbocycles. The van der Waals surface area contributed by atoms with Crippen molar-refractivity contribution in [2.75, 3.05) is 19.1 Å². The van der Waals surface area contributed by atoms with Crippen LogP contribution in [0.3, 0.4) is 0 Å². The first-order valence-electron chi connectivity index (χ1n) is 11.6. The van der Waals surface area contributed by atoms with Crippen LogP contribution in [0.1, 0.15) is 42.2 Å². The molecule has 0 spiro atoms. The lowest BCUT2D eigenvalue weighted by atomic mass is 10.0. The minimum absolute atomic E-state index is 0.0481. The van der Waals surface area contributed by atoms with Crippen molar-refractivity contribution in [2.45, 2.75) is 44.2 Å². The SMILES string of the molecule is COc1ccc([C@H](C(=O)NC2CCCC2)N(C(=O)Cc2cccs2)c2cccc(F)c2)cc1OC. The maximum absolute atomic E-state index is 14.3. The molecule has 35 heavy (non-hydrogen) atoms. The summed E-state index contributed by atoms with van der Waals surface area (Å²) in [5.74, 6) is -0.159. The summed E-state index contributed by atoms with van der Waals surface area (Å²) in [6.07, 6.45) is 3.99. The Morgan fingerprint density at radius 2 is 1.83 bits per heavy atom. The van der Waals surface area contributed by atoms with Crippen LogP contribution in [0, 0.1) is 5.82 Å². The highest BCUT2D eigenvalue weighted by Gasteiger charge is 2.35. The lowest BCUT2D eigenvalue weighted by Gasteiger charge is -2.32. The second-order valence-corrected chi connectivity index (χ2v) is 9.54. The molecule has 4 rings (SSSR count). The molecule has 0 aliphatic heterocycles. The van der Waals surface area contributed by atoms with Crippen LogP contribution in [0.15, 0.2) is 60.0 Å². The van der Waals surface area contributed by atoms with Gasteiger partial charge in [-0.2, -0.15) is 0 Å². The number of ether oxygens (including phenoxy) is 2. The molecule has 1 fully saturated rings. The van der Waals surface area contributed by atoms with E-state index in [1.165, 1.54) is 48.7 Å². The molecule has 2 aromatic carbocycles. The number of carbonyl (C=O) groups is 2. The Hall–Kier alpha value is -3.39. The van der Waals surface area contributed by atoms with E-state index in [4.69, 9.17) is 9.47 Å². The number of hydrogen-bond donors (Lipinski definition) is 1. The summed E-state index contributed by atoms with van der Waals surface area (Å²) >= 11 is 1.46. The Balaban J connectivity index is 1.81. The van der Waals surface area contributed by atoms with Crippen LogP contribution in [-0.2, 0) is 16.0 Å². The highest BCUT2D eigenvalue weighted by molar-refractivity contribution is 7.10. The molecule has 184 valence electrons. The minimum Gasteiger partial charge on any atom is -0.493 e. The summed E-state index contributed by atoms with van der Waals surface area (Å²) in [4.78, 5) is 29.8. The van der Waals surface area contributed by atoms with Gasteiger partial charge in [0.2, 0.25) is 11.8 Å². The Bertz CT molecular complexity index is 1160. The molecule has 1 aromatic heterocycles. The molecule has 8 heteroatoms. The summed E-state index contributed by atoms with van der Waals surface area (Å²) in [6.45, 7) is 0. The summed E-state index contributed by atoms with van der Waals surface area (Å²) in [5, 5.41) is 5.02. The van der Waals surface area contributed by atoms with E-state index in [1.54, 1.807) is 24.3 Å². The first kappa shape index (κ1) is 24.7. The van der Waals surface area contributed by atoms with Gasteiger partial charge in [0, 0.05) is 16.6 Å². The van der Waals surface area contributed by atoms with Gasteiger partial charge >= 0.3 is 0 Å². The van der Waals surface area contributed by atoms with Crippen molar-refractivity contribution in [3.63, 3.8) is 0 Å². The largest absolute Gasteiger partial charge is 0.493 e. The predicted molar refractivity (Wildman–Crippen MR) is 135 cm³/mol. The van der Waals surface area contributed by atoms with Crippen molar-refractivity contribution in [3.05, 3.63) is 76.2 Å². The van der Waals surface area contributed by atoms with Gasteiger partial charge in [0.1, 0.15) is 11.9 Å². The van der Waals surface area contributed by atoms with Crippen molar-refractivity contribution in [1.82, 2.24) is 5.32 Å². The predicted octanol–water partition coefficient (Wildman–Crippen LogP) is 5.28. The summed E-state index contributed by atoms with van der Waals surface area (Å²) < 4.78 is 25.1. The van der Waals surface area contributed by atoms with E-state index >= 15 is 0 Å². The first-order valence-corrected chi connectivity index (χ1v) is 12.5. The Labute approximate surface area is 208 Å². The average molecular weight is 497 g/mol. The molecule has 0 radical (unpaired) electrons. The van der Waals surface area contributed by atoms with Gasteiger partial charge in [-0.05, 0) is 60.2 Å².